The number of rotatable bonds is 4. The molecule has 4 aromatic heterocycles. The van der Waals surface area contributed by atoms with Gasteiger partial charge in [-0.2, -0.15) is 13.9 Å². The van der Waals surface area contributed by atoms with Crippen LogP contribution in [-0.2, 0) is 6.42 Å². The maximum atomic E-state index is 12.9. The highest BCUT2D eigenvalue weighted by atomic mass is 19.4. The molecule has 9 nitrogen and oxygen atoms in total. The molecule has 1 N–H and O–H groups in total. The highest BCUT2D eigenvalue weighted by Crippen LogP contribution is 2.38. The normalized spacial score (nSPS) is 16.8. The summed E-state index contributed by atoms with van der Waals surface area (Å²) in [6, 6.07) is 3.00. The van der Waals surface area contributed by atoms with Crippen molar-refractivity contribution in [2.75, 3.05) is 11.4 Å². The van der Waals surface area contributed by atoms with E-state index in [0.717, 1.165) is 5.69 Å². The Hall–Kier alpha value is -3.71. The molecule has 0 aromatic carbocycles. The van der Waals surface area contributed by atoms with Crippen LogP contribution in [0.2, 0.25) is 0 Å². The number of alkyl halides is 5. The zero-order chi connectivity index (χ0) is 21.8. The molecule has 0 radical (unpaired) electrons. The van der Waals surface area contributed by atoms with Crippen LogP contribution in [0.3, 0.4) is 0 Å². The van der Waals surface area contributed by atoms with E-state index in [9.17, 15) is 22.0 Å². The fourth-order valence-corrected chi connectivity index (χ4v) is 3.57. The molecule has 5 heterocycles. The number of fused-ring (bicyclic) bond motifs is 2. The number of imidazole rings is 1. The molecule has 14 heteroatoms. The zero-order valence-electron chi connectivity index (χ0n) is 15.3. The van der Waals surface area contributed by atoms with Crippen LogP contribution in [0.15, 0.2) is 35.1 Å². The molecular formula is C17H12F5N7O2. The number of hydrogen-bond acceptors (Lipinski definition) is 7. The van der Waals surface area contributed by atoms with E-state index in [4.69, 9.17) is 4.42 Å². The minimum atomic E-state index is -4.88. The van der Waals surface area contributed by atoms with Gasteiger partial charge in [0.15, 0.2) is 5.75 Å². The lowest BCUT2D eigenvalue weighted by atomic mass is 10.0. The van der Waals surface area contributed by atoms with Crippen LogP contribution in [0.1, 0.15) is 35.4 Å². The van der Waals surface area contributed by atoms with Crippen LogP contribution < -0.4 is 9.64 Å². The van der Waals surface area contributed by atoms with Crippen LogP contribution in [0.5, 0.6) is 5.75 Å². The number of nitrogens with zero attached hydrogens (tertiary/aromatic N) is 6. The minimum absolute atomic E-state index is 0.0660. The van der Waals surface area contributed by atoms with Crippen molar-refractivity contribution in [1.29, 1.82) is 0 Å². The van der Waals surface area contributed by atoms with Gasteiger partial charge in [0.05, 0.1) is 17.7 Å². The van der Waals surface area contributed by atoms with Gasteiger partial charge < -0.3 is 19.0 Å². The molecule has 0 saturated carbocycles. The molecule has 1 atom stereocenters. The zero-order valence-corrected chi connectivity index (χ0v) is 15.3. The first-order valence-electron chi connectivity index (χ1n) is 8.94. The fraction of sp³-hybridized carbons (Fsp3) is 0.294. The molecule has 0 fully saturated rings. The number of aromatic amines is 1. The van der Waals surface area contributed by atoms with E-state index >= 15 is 0 Å². The number of halogens is 5. The van der Waals surface area contributed by atoms with Crippen LogP contribution >= 0.6 is 0 Å². The first-order valence-corrected chi connectivity index (χ1v) is 8.94. The maximum absolute atomic E-state index is 12.9. The molecule has 1 aliphatic rings. The van der Waals surface area contributed by atoms with Gasteiger partial charge in [-0.25, -0.2) is 9.50 Å². The molecule has 0 saturated heterocycles. The largest absolute Gasteiger partial charge is 0.573 e. The number of pyridine rings is 1. The van der Waals surface area contributed by atoms with Crippen molar-refractivity contribution < 1.29 is 31.1 Å². The lowest BCUT2D eigenvalue weighted by Gasteiger charge is -2.32. The molecular weight excluding hydrogens is 429 g/mol. The van der Waals surface area contributed by atoms with Gasteiger partial charge in [0.2, 0.25) is 0 Å². The number of anilines is 1. The fourth-order valence-electron chi connectivity index (χ4n) is 3.57. The third-order valence-corrected chi connectivity index (χ3v) is 4.78. The molecule has 4 aromatic rings. The lowest BCUT2D eigenvalue weighted by Crippen LogP contribution is -2.36. The van der Waals surface area contributed by atoms with Gasteiger partial charge in [-0.15, -0.1) is 18.3 Å². The second kappa shape index (κ2) is 6.92. The molecule has 0 unspecified atom stereocenters. The molecule has 0 spiro atoms. The van der Waals surface area contributed by atoms with Crippen LogP contribution in [0.4, 0.5) is 28.0 Å². The second-order valence-corrected chi connectivity index (χ2v) is 6.66. The van der Waals surface area contributed by atoms with Gasteiger partial charge in [-0.05, 0) is 18.2 Å². The van der Waals surface area contributed by atoms with Crippen LogP contribution in [0, 0.1) is 0 Å². The Kier molecular flexibility index (Phi) is 4.30. The smallest absolute Gasteiger partial charge is 0.403 e. The van der Waals surface area contributed by atoms with Gasteiger partial charge in [0.1, 0.15) is 11.6 Å². The minimum Gasteiger partial charge on any atom is -0.403 e. The predicted octanol–water partition coefficient (Wildman–Crippen LogP) is 3.43. The maximum Gasteiger partial charge on any atom is 0.573 e. The van der Waals surface area contributed by atoms with Gasteiger partial charge >= 0.3 is 18.8 Å². The van der Waals surface area contributed by atoms with E-state index in [2.05, 4.69) is 30.0 Å². The summed E-state index contributed by atoms with van der Waals surface area (Å²) >= 11 is 0. The van der Waals surface area contributed by atoms with E-state index in [-0.39, 0.29) is 11.5 Å². The summed E-state index contributed by atoms with van der Waals surface area (Å²) in [4.78, 5) is 8.82. The number of aromatic nitrogens is 6. The van der Waals surface area contributed by atoms with Crippen molar-refractivity contribution in [3.05, 3.63) is 53.7 Å². The van der Waals surface area contributed by atoms with Crippen LogP contribution in [-0.4, -0.2) is 42.7 Å². The van der Waals surface area contributed by atoms with Gasteiger partial charge in [-0.1, -0.05) is 5.10 Å². The Morgan fingerprint density at radius 1 is 1.26 bits per heavy atom. The summed E-state index contributed by atoms with van der Waals surface area (Å²) in [5.74, 6) is -1.27. The highest BCUT2D eigenvalue weighted by molar-refractivity contribution is 5.61. The standard InChI is InChI=1S/C17H12F5N7O2/c18-14(19)15-25-26-16(30-15)28-5-3-8-12(24-7-23-8)13(28)9-6-10-11(31-17(20,21)22)2-1-4-29(10)27-9/h1-2,4,6-7,13-14H,3,5H2,(H,23,24)/t13-/m0/s1. The number of H-pyrrole nitrogens is 1. The second-order valence-electron chi connectivity index (χ2n) is 6.66. The number of nitrogens with one attached hydrogen (secondary N) is 1. The Labute approximate surface area is 169 Å². The lowest BCUT2D eigenvalue weighted by molar-refractivity contribution is -0.274. The molecule has 0 amide bonds. The van der Waals surface area contributed by atoms with Crippen molar-refractivity contribution in [3.63, 3.8) is 0 Å². The monoisotopic (exact) mass is 441 g/mol. The van der Waals surface area contributed by atoms with Crippen molar-refractivity contribution in [3.8, 4) is 5.75 Å². The van der Waals surface area contributed by atoms with E-state index < -0.39 is 30.5 Å². The van der Waals surface area contributed by atoms with Crippen molar-refractivity contribution >= 4 is 11.5 Å². The molecule has 0 aliphatic carbocycles. The summed E-state index contributed by atoms with van der Waals surface area (Å²) in [7, 11) is 0. The van der Waals surface area contributed by atoms with Crippen molar-refractivity contribution in [2.45, 2.75) is 25.3 Å². The molecule has 5 rings (SSSR count). The summed E-state index contributed by atoms with van der Waals surface area (Å²) in [6.45, 7) is 0.296. The Balaban J connectivity index is 1.61. The summed E-state index contributed by atoms with van der Waals surface area (Å²) in [5, 5.41) is 11.4. The Morgan fingerprint density at radius 3 is 2.84 bits per heavy atom. The SMILES string of the molecule is FC(F)c1nnc(N2CCc3[nH]cnc3[C@@H]2c2cc3c(OC(F)(F)F)cccn3n2)o1. The van der Waals surface area contributed by atoms with Gasteiger partial charge in [0.25, 0.3) is 5.89 Å². The molecule has 162 valence electrons. The summed E-state index contributed by atoms with van der Waals surface area (Å²) < 4.78 is 74.6. The van der Waals surface area contributed by atoms with Crippen LogP contribution in [0.25, 0.3) is 5.52 Å². The van der Waals surface area contributed by atoms with Crippen molar-refractivity contribution in [1.82, 2.24) is 29.8 Å². The number of hydrogen-bond donors (Lipinski definition) is 1. The summed E-state index contributed by atoms with van der Waals surface area (Å²) in [5.41, 5.74) is 1.66. The topological polar surface area (TPSA) is 97.4 Å². The third kappa shape index (κ3) is 3.43. The van der Waals surface area contributed by atoms with Crippen molar-refractivity contribution in [2.24, 2.45) is 0 Å². The summed E-state index contributed by atoms with van der Waals surface area (Å²) in [6.07, 6.45) is -4.42. The molecule has 0 bridgehead atoms. The average molecular weight is 441 g/mol. The third-order valence-electron chi connectivity index (χ3n) is 4.78. The number of ether oxygens (including phenoxy) is 1. The molecule has 1 aliphatic heterocycles. The van der Waals surface area contributed by atoms with E-state index in [0.29, 0.717) is 24.4 Å². The molecule has 31 heavy (non-hydrogen) atoms. The first kappa shape index (κ1) is 19.3. The van der Waals surface area contributed by atoms with Gasteiger partial charge in [-0.3, -0.25) is 0 Å². The highest BCUT2D eigenvalue weighted by Gasteiger charge is 2.37. The Morgan fingerprint density at radius 2 is 2.10 bits per heavy atom. The predicted molar refractivity (Wildman–Crippen MR) is 92.6 cm³/mol. The van der Waals surface area contributed by atoms with E-state index in [1.54, 1.807) is 0 Å². The van der Waals surface area contributed by atoms with E-state index in [1.807, 2.05) is 0 Å². The average Bonchev–Trinajstić information content (AvgIpc) is 3.44. The quantitative estimate of drug-likeness (QED) is 0.485. The Bertz CT molecular complexity index is 1230. The van der Waals surface area contributed by atoms with Gasteiger partial charge in [0, 0.05) is 24.9 Å². The van der Waals surface area contributed by atoms with E-state index in [1.165, 1.54) is 40.1 Å². The first-order chi connectivity index (χ1) is 14.8.